The van der Waals surface area contributed by atoms with Gasteiger partial charge < -0.3 is 9.47 Å². The van der Waals surface area contributed by atoms with Crippen LogP contribution in [0.4, 0.5) is 4.79 Å². The number of hydrogen-bond donors (Lipinski definition) is 0. The van der Waals surface area contributed by atoms with Gasteiger partial charge in [-0.3, -0.25) is 0 Å². The molecule has 0 saturated heterocycles. The van der Waals surface area contributed by atoms with E-state index in [0.717, 1.165) is 25.7 Å². The Balaban J connectivity index is 2.83. The molecular weight excluding hydrogens is 288 g/mol. The molecule has 0 aromatic heterocycles. The predicted octanol–water partition coefficient (Wildman–Crippen LogP) is 6.08. The van der Waals surface area contributed by atoms with Crippen LogP contribution < -0.4 is 4.74 Å². The number of aryl methyl sites for hydroxylation is 1. The van der Waals surface area contributed by atoms with E-state index in [4.69, 9.17) is 9.47 Å². The summed E-state index contributed by atoms with van der Waals surface area (Å²) in [6.45, 7) is 6.79. The topological polar surface area (TPSA) is 35.5 Å². The average Bonchev–Trinajstić information content (AvgIpc) is 2.55. The lowest BCUT2D eigenvalue weighted by molar-refractivity contribution is 0.0988. The van der Waals surface area contributed by atoms with Crippen LogP contribution in [0.1, 0.15) is 76.8 Å². The molecule has 0 N–H and O–H groups in total. The summed E-state index contributed by atoms with van der Waals surface area (Å²) in [4.78, 5) is 11.8. The first kappa shape index (κ1) is 19.5. The van der Waals surface area contributed by atoms with Gasteiger partial charge in [0.05, 0.1) is 6.61 Å². The Kier molecular flexibility index (Phi) is 10.2. The number of carbonyl (C=O) groups excluding carboxylic acids is 1. The Morgan fingerprint density at radius 3 is 2.26 bits per heavy atom. The highest BCUT2D eigenvalue weighted by atomic mass is 16.7. The summed E-state index contributed by atoms with van der Waals surface area (Å²) in [6, 6.07) is 6.03. The minimum atomic E-state index is -0.589. The zero-order valence-electron chi connectivity index (χ0n) is 15.0. The van der Waals surface area contributed by atoms with E-state index in [-0.39, 0.29) is 0 Å². The number of ether oxygens (including phenoxy) is 2. The van der Waals surface area contributed by atoms with Crippen LogP contribution in [0.5, 0.6) is 5.75 Å². The van der Waals surface area contributed by atoms with Crippen molar-refractivity contribution in [2.24, 2.45) is 0 Å². The van der Waals surface area contributed by atoms with Crippen LogP contribution in [0.25, 0.3) is 0 Å². The summed E-state index contributed by atoms with van der Waals surface area (Å²) in [6.07, 6.45) is 9.37. The molecule has 23 heavy (non-hydrogen) atoms. The van der Waals surface area contributed by atoms with Crippen LogP contribution in [0.2, 0.25) is 0 Å². The zero-order valence-corrected chi connectivity index (χ0v) is 15.0. The Hall–Kier alpha value is -1.51. The molecule has 0 aliphatic carbocycles. The van der Waals surface area contributed by atoms with Gasteiger partial charge in [0, 0.05) is 0 Å². The lowest BCUT2D eigenvalue weighted by Crippen LogP contribution is -2.13. The molecule has 0 aliphatic heterocycles. The third kappa shape index (κ3) is 7.54. The molecule has 1 aromatic carbocycles. The van der Waals surface area contributed by atoms with E-state index in [1.807, 2.05) is 19.1 Å². The highest BCUT2D eigenvalue weighted by Gasteiger charge is 2.13. The maximum atomic E-state index is 11.8. The molecule has 1 aromatic rings. The third-order valence-corrected chi connectivity index (χ3v) is 3.93. The van der Waals surface area contributed by atoms with Gasteiger partial charge in [-0.1, -0.05) is 58.6 Å². The first-order valence-electron chi connectivity index (χ1n) is 9.18. The van der Waals surface area contributed by atoms with Crippen molar-refractivity contribution in [2.45, 2.75) is 78.6 Å². The SMILES string of the molecule is CCCCCc1cccc(OC(=O)OCCC)c1CCCCC. The van der Waals surface area contributed by atoms with Crippen molar-refractivity contribution in [2.75, 3.05) is 6.61 Å². The van der Waals surface area contributed by atoms with Gasteiger partial charge in [-0.15, -0.1) is 0 Å². The Bertz CT molecular complexity index is 454. The molecular formula is C20H32O3. The number of benzene rings is 1. The molecule has 0 radical (unpaired) electrons. The molecule has 0 aliphatic rings. The summed E-state index contributed by atoms with van der Waals surface area (Å²) in [5.74, 6) is 0.677. The molecule has 0 saturated carbocycles. The Labute approximate surface area is 141 Å². The molecule has 0 heterocycles. The number of carbonyl (C=O) groups is 1. The molecule has 0 atom stereocenters. The van der Waals surface area contributed by atoms with E-state index in [2.05, 4.69) is 19.9 Å². The highest BCUT2D eigenvalue weighted by molar-refractivity contribution is 5.65. The van der Waals surface area contributed by atoms with Crippen molar-refractivity contribution < 1.29 is 14.3 Å². The largest absolute Gasteiger partial charge is 0.513 e. The highest BCUT2D eigenvalue weighted by Crippen LogP contribution is 2.27. The molecule has 130 valence electrons. The van der Waals surface area contributed by atoms with Crippen molar-refractivity contribution in [3.63, 3.8) is 0 Å². The van der Waals surface area contributed by atoms with Crippen molar-refractivity contribution in [3.05, 3.63) is 29.3 Å². The fraction of sp³-hybridized carbons (Fsp3) is 0.650. The molecule has 3 nitrogen and oxygen atoms in total. The van der Waals surface area contributed by atoms with Crippen LogP contribution in [0.15, 0.2) is 18.2 Å². The second kappa shape index (κ2) is 12.0. The minimum absolute atomic E-state index is 0.403. The van der Waals surface area contributed by atoms with Crippen molar-refractivity contribution in [1.82, 2.24) is 0 Å². The minimum Gasteiger partial charge on any atom is -0.434 e. The van der Waals surface area contributed by atoms with Gasteiger partial charge in [-0.05, 0) is 49.3 Å². The van der Waals surface area contributed by atoms with E-state index >= 15 is 0 Å². The van der Waals surface area contributed by atoms with Gasteiger partial charge in [0.1, 0.15) is 5.75 Å². The maximum absolute atomic E-state index is 11.8. The maximum Gasteiger partial charge on any atom is 0.513 e. The predicted molar refractivity (Wildman–Crippen MR) is 95.2 cm³/mol. The second-order valence-electron chi connectivity index (χ2n) is 6.01. The number of hydrogen-bond acceptors (Lipinski definition) is 3. The molecule has 0 fully saturated rings. The third-order valence-electron chi connectivity index (χ3n) is 3.93. The van der Waals surface area contributed by atoms with Crippen LogP contribution in [-0.4, -0.2) is 12.8 Å². The van der Waals surface area contributed by atoms with Gasteiger partial charge >= 0.3 is 6.16 Å². The monoisotopic (exact) mass is 320 g/mol. The lowest BCUT2D eigenvalue weighted by Gasteiger charge is -2.15. The van der Waals surface area contributed by atoms with Gasteiger partial charge in [0.2, 0.25) is 0 Å². The molecule has 3 heteroatoms. The number of unbranched alkanes of at least 4 members (excludes halogenated alkanes) is 4. The standard InChI is InChI=1S/C20H32O3/c1-4-7-9-12-17-13-11-15-19(18(17)14-10-8-5-2)23-20(21)22-16-6-3/h11,13,15H,4-10,12,14,16H2,1-3H3. The van der Waals surface area contributed by atoms with E-state index < -0.39 is 6.16 Å². The van der Waals surface area contributed by atoms with Gasteiger partial charge in [-0.2, -0.15) is 0 Å². The molecule has 0 spiro atoms. The second-order valence-corrected chi connectivity index (χ2v) is 6.01. The van der Waals surface area contributed by atoms with Gasteiger partial charge in [-0.25, -0.2) is 4.79 Å². The molecule has 0 amide bonds. The Morgan fingerprint density at radius 1 is 0.913 bits per heavy atom. The molecule has 0 unspecified atom stereocenters. The lowest BCUT2D eigenvalue weighted by atomic mass is 9.96. The summed E-state index contributed by atoms with van der Waals surface area (Å²) in [7, 11) is 0. The van der Waals surface area contributed by atoms with Gasteiger partial charge in [0.25, 0.3) is 0 Å². The fourth-order valence-corrected chi connectivity index (χ4v) is 2.65. The van der Waals surface area contributed by atoms with E-state index in [0.29, 0.717) is 12.4 Å². The normalized spacial score (nSPS) is 10.6. The van der Waals surface area contributed by atoms with E-state index in [1.54, 1.807) is 0 Å². The zero-order chi connectivity index (χ0) is 16.9. The van der Waals surface area contributed by atoms with Gasteiger partial charge in [0.15, 0.2) is 0 Å². The summed E-state index contributed by atoms with van der Waals surface area (Å²) in [5, 5.41) is 0. The summed E-state index contributed by atoms with van der Waals surface area (Å²) in [5.41, 5.74) is 2.50. The van der Waals surface area contributed by atoms with E-state index in [9.17, 15) is 4.79 Å². The number of rotatable bonds is 11. The van der Waals surface area contributed by atoms with Crippen LogP contribution in [0, 0.1) is 0 Å². The summed E-state index contributed by atoms with van der Waals surface area (Å²) >= 11 is 0. The first-order valence-corrected chi connectivity index (χ1v) is 9.18. The molecule has 1 rings (SSSR count). The van der Waals surface area contributed by atoms with Crippen LogP contribution in [-0.2, 0) is 17.6 Å². The summed E-state index contributed by atoms with van der Waals surface area (Å²) < 4.78 is 10.5. The quantitative estimate of drug-likeness (QED) is 0.282. The van der Waals surface area contributed by atoms with E-state index in [1.165, 1.54) is 43.2 Å². The van der Waals surface area contributed by atoms with Crippen LogP contribution >= 0.6 is 0 Å². The molecule has 0 bridgehead atoms. The first-order chi connectivity index (χ1) is 11.2. The Morgan fingerprint density at radius 2 is 1.61 bits per heavy atom. The average molecular weight is 320 g/mol. The van der Waals surface area contributed by atoms with Crippen molar-refractivity contribution in [3.8, 4) is 5.75 Å². The van der Waals surface area contributed by atoms with Crippen molar-refractivity contribution in [1.29, 1.82) is 0 Å². The smallest absolute Gasteiger partial charge is 0.434 e. The van der Waals surface area contributed by atoms with Crippen molar-refractivity contribution >= 4 is 6.16 Å². The van der Waals surface area contributed by atoms with Crippen LogP contribution in [0.3, 0.4) is 0 Å². The fourth-order valence-electron chi connectivity index (χ4n) is 2.65.